The molecule has 0 atom stereocenters. The fraction of sp³-hybridized carbons (Fsp3) is 0.556. The van der Waals surface area contributed by atoms with Crippen molar-refractivity contribution in [3.63, 3.8) is 0 Å². The predicted molar refractivity (Wildman–Crippen MR) is 87.2 cm³/mol. The van der Waals surface area contributed by atoms with Crippen LogP contribution in [0, 0.1) is 0 Å². The van der Waals surface area contributed by atoms with Crippen LogP contribution in [0.4, 0.5) is 0 Å². The summed E-state index contributed by atoms with van der Waals surface area (Å²) in [4.78, 5) is 25.0. The molecule has 24 heavy (non-hydrogen) atoms. The number of hydrogen-bond acceptors (Lipinski definition) is 4. The maximum atomic E-state index is 12.5. The van der Waals surface area contributed by atoms with Crippen LogP contribution in [-0.2, 0) is 27.2 Å². The summed E-state index contributed by atoms with van der Waals surface area (Å²) in [5.41, 5.74) is 2.63. The zero-order valence-corrected chi connectivity index (χ0v) is 13.7. The van der Waals surface area contributed by atoms with Gasteiger partial charge in [-0.15, -0.1) is 0 Å². The monoisotopic (exact) mass is 333 g/mol. The third-order valence-corrected chi connectivity index (χ3v) is 4.69. The lowest BCUT2D eigenvalue weighted by atomic mass is 10.1. The minimum Gasteiger partial charge on any atom is -0.484 e. The van der Waals surface area contributed by atoms with Crippen molar-refractivity contribution < 1.29 is 24.2 Å². The molecule has 0 aromatic heterocycles. The molecule has 0 bridgehead atoms. The van der Waals surface area contributed by atoms with Crippen molar-refractivity contribution in [1.29, 1.82) is 0 Å². The van der Waals surface area contributed by atoms with Gasteiger partial charge in [0, 0.05) is 19.3 Å². The van der Waals surface area contributed by atoms with Crippen LogP contribution in [0.1, 0.15) is 30.4 Å². The van der Waals surface area contributed by atoms with Gasteiger partial charge in [-0.25, -0.2) is 0 Å². The Bertz CT molecular complexity index is 609. The number of carbonyl (C=O) groups excluding carboxylic acids is 1. The van der Waals surface area contributed by atoms with E-state index in [9.17, 15) is 9.59 Å². The number of hydrogen-bond donors (Lipinski definition) is 1. The minimum absolute atomic E-state index is 0.0917. The molecule has 1 amide bonds. The third-order valence-electron chi connectivity index (χ3n) is 4.69. The number of benzene rings is 1. The van der Waals surface area contributed by atoms with E-state index in [1.54, 1.807) is 0 Å². The van der Waals surface area contributed by atoms with Crippen LogP contribution in [0.2, 0.25) is 0 Å². The van der Waals surface area contributed by atoms with Crippen molar-refractivity contribution in [1.82, 2.24) is 4.90 Å². The highest BCUT2D eigenvalue weighted by atomic mass is 16.5. The summed E-state index contributed by atoms with van der Waals surface area (Å²) >= 11 is 0. The van der Waals surface area contributed by atoms with Gasteiger partial charge in [0.2, 0.25) is 0 Å². The van der Waals surface area contributed by atoms with Gasteiger partial charge >= 0.3 is 5.97 Å². The van der Waals surface area contributed by atoms with Gasteiger partial charge in [0.15, 0.2) is 6.61 Å². The SMILES string of the molecule is O=C(O)CN(C(=O)COc1ccc2c(c1)CCC2)C1CCOCC1. The molecule has 1 fully saturated rings. The van der Waals surface area contributed by atoms with Crippen LogP contribution >= 0.6 is 0 Å². The van der Waals surface area contributed by atoms with E-state index in [1.807, 2.05) is 12.1 Å². The minimum atomic E-state index is -1.01. The molecule has 130 valence electrons. The van der Waals surface area contributed by atoms with Gasteiger partial charge in [-0.1, -0.05) is 6.07 Å². The normalized spacial score (nSPS) is 17.3. The van der Waals surface area contributed by atoms with Crippen molar-refractivity contribution in [2.24, 2.45) is 0 Å². The molecule has 0 saturated carbocycles. The number of rotatable bonds is 6. The second kappa shape index (κ2) is 7.66. The summed E-state index contributed by atoms with van der Waals surface area (Å²) in [5.74, 6) is -0.622. The van der Waals surface area contributed by atoms with Crippen molar-refractivity contribution in [2.45, 2.75) is 38.1 Å². The number of ether oxygens (including phenoxy) is 2. The van der Waals surface area contributed by atoms with Crippen LogP contribution in [0.25, 0.3) is 0 Å². The second-order valence-electron chi connectivity index (χ2n) is 6.33. The van der Waals surface area contributed by atoms with Crippen molar-refractivity contribution >= 4 is 11.9 Å². The number of carboxylic acids is 1. The molecule has 6 heteroatoms. The number of aryl methyl sites for hydroxylation is 2. The van der Waals surface area contributed by atoms with Gasteiger partial charge in [0.25, 0.3) is 5.91 Å². The van der Waals surface area contributed by atoms with E-state index < -0.39 is 5.97 Å². The van der Waals surface area contributed by atoms with Gasteiger partial charge < -0.3 is 19.5 Å². The Kier molecular flexibility index (Phi) is 5.35. The molecule has 1 aliphatic carbocycles. The topological polar surface area (TPSA) is 76.1 Å². The largest absolute Gasteiger partial charge is 0.484 e. The molecule has 6 nitrogen and oxygen atoms in total. The summed E-state index contributed by atoms with van der Waals surface area (Å²) in [6.07, 6.45) is 4.64. The Balaban J connectivity index is 1.61. The molecular formula is C18H23NO5. The highest BCUT2D eigenvalue weighted by Crippen LogP contribution is 2.26. The van der Waals surface area contributed by atoms with Gasteiger partial charge in [-0.05, 0) is 55.4 Å². The van der Waals surface area contributed by atoms with Crippen LogP contribution in [0.3, 0.4) is 0 Å². The van der Waals surface area contributed by atoms with Gasteiger partial charge in [0.05, 0.1) is 0 Å². The first-order valence-electron chi connectivity index (χ1n) is 8.47. The van der Waals surface area contributed by atoms with E-state index in [-0.39, 0.29) is 25.1 Å². The third kappa shape index (κ3) is 4.06. The molecule has 2 aliphatic rings. The van der Waals surface area contributed by atoms with Crippen LogP contribution in [0.5, 0.6) is 5.75 Å². The van der Waals surface area contributed by atoms with E-state index >= 15 is 0 Å². The first-order valence-corrected chi connectivity index (χ1v) is 8.47. The quantitative estimate of drug-likeness (QED) is 0.856. The highest BCUT2D eigenvalue weighted by Gasteiger charge is 2.27. The van der Waals surface area contributed by atoms with Gasteiger partial charge in [0.1, 0.15) is 12.3 Å². The molecule has 1 heterocycles. The maximum Gasteiger partial charge on any atom is 0.323 e. The average Bonchev–Trinajstić information content (AvgIpc) is 3.06. The van der Waals surface area contributed by atoms with Crippen LogP contribution in [-0.4, -0.2) is 54.3 Å². The van der Waals surface area contributed by atoms with E-state index in [0.29, 0.717) is 31.8 Å². The van der Waals surface area contributed by atoms with Crippen molar-refractivity contribution in [3.8, 4) is 5.75 Å². The highest BCUT2D eigenvalue weighted by molar-refractivity contribution is 5.82. The fourth-order valence-electron chi connectivity index (χ4n) is 3.43. The number of aliphatic carboxylic acids is 1. The van der Waals surface area contributed by atoms with E-state index in [4.69, 9.17) is 14.6 Å². The number of amides is 1. The zero-order chi connectivity index (χ0) is 16.9. The second-order valence-corrected chi connectivity index (χ2v) is 6.33. The average molecular weight is 333 g/mol. The molecule has 1 saturated heterocycles. The number of fused-ring (bicyclic) bond motifs is 1. The molecule has 0 unspecified atom stereocenters. The van der Waals surface area contributed by atoms with Crippen LogP contribution in [0.15, 0.2) is 18.2 Å². The number of carboxylic acid groups (broad SMARTS) is 1. The summed E-state index contributed by atoms with van der Waals surface area (Å²) < 4.78 is 10.9. The van der Waals surface area contributed by atoms with Gasteiger partial charge in [-0.2, -0.15) is 0 Å². The summed E-state index contributed by atoms with van der Waals surface area (Å²) in [7, 11) is 0. The lowest BCUT2D eigenvalue weighted by molar-refractivity contribution is -0.148. The Morgan fingerprint density at radius 3 is 2.71 bits per heavy atom. The standard InChI is InChI=1S/C18H23NO5/c20-17(19(11-18(21)22)15-6-8-23-9-7-15)12-24-16-5-4-13-2-1-3-14(13)10-16/h4-5,10,15H,1-3,6-9,11-12H2,(H,21,22). The molecule has 0 radical (unpaired) electrons. The van der Waals surface area contributed by atoms with Gasteiger partial charge in [-0.3, -0.25) is 9.59 Å². The molecule has 1 aromatic carbocycles. The summed E-state index contributed by atoms with van der Waals surface area (Å²) in [6, 6.07) is 5.83. The number of nitrogens with zero attached hydrogens (tertiary/aromatic N) is 1. The smallest absolute Gasteiger partial charge is 0.323 e. The van der Waals surface area contributed by atoms with Crippen LogP contribution < -0.4 is 4.74 Å². The van der Waals surface area contributed by atoms with Crippen molar-refractivity contribution in [2.75, 3.05) is 26.4 Å². The molecule has 0 spiro atoms. The molecule has 3 rings (SSSR count). The number of carbonyl (C=O) groups is 2. The fourth-order valence-corrected chi connectivity index (χ4v) is 3.43. The molecule has 1 aliphatic heterocycles. The first kappa shape index (κ1) is 16.8. The Hall–Kier alpha value is -2.08. The first-order chi connectivity index (χ1) is 11.6. The lowest BCUT2D eigenvalue weighted by Crippen LogP contribution is -2.47. The summed E-state index contributed by atoms with van der Waals surface area (Å²) in [5, 5.41) is 9.09. The Labute approximate surface area is 141 Å². The Morgan fingerprint density at radius 2 is 1.96 bits per heavy atom. The summed E-state index contributed by atoms with van der Waals surface area (Å²) in [6.45, 7) is 0.681. The molecular weight excluding hydrogens is 310 g/mol. The molecule has 1 aromatic rings. The lowest BCUT2D eigenvalue weighted by Gasteiger charge is -2.33. The Morgan fingerprint density at radius 1 is 1.21 bits per heavy atom. The maximum absolute atomic E-state index is 12.5. The zero-order valence-electron chi connectivity index (χ0n) is 13.7. The van der Waals surface area contributed by atoms with E-state index in [1.165, 1.54) is 16.0 Å². The van der Waals surface area contributed by atoms with E-state index in [2.05, 4.69) is 6.07 Å². The van der Waals surface area contributed by atoms with Crippen molar-refractivity contribution in [3.05, 3.63) is 29.3 Å². The molecule has 1 N–H and O–H groups in total. The van der Waals surface area contributed by atoms with E-state index in [0.717, 1.165) is 19.3 Å². The predicted octanol–water partition coefficient (Wildman–Crippen LogP) is 1.65.